The number of rotatable bonds is 2. The molecule has 2 aliphatic rings. The quantitative estimate of drug-likeness (QED) is 0.725. The summed E-state index contributed by atoms with van der Waals surface area (Å²) in [6.07, 6.45) is 5.55. The first kappa shape index (κ1) is 10.4. The van der Waals surface area contributed by atoms with Gasteiger partial charge in [-0.3, -0.25) is 0 Å². The predicted octanol–water partition coefficient (Wildman–Crippen LogP) is 1.86. The second-order valence-electron chi connectivity index (χ2n) is 5.57. The van der Waals surface area contributed by atoms with E-state index in [2.05, 4.69) is 24.1 Å². The van der Waals surface area contributed by atoms with Crippen molar-refractivity contribution in [2.75, 3.05) is 26.2 Å². The van der Waals surface area contributed by atoms with Crippen molar-refractivity contribution in [3.63, 3.8) is 0 Å². The number of likely N-dealkylation sites (tertiary alicyclic amines) is 1. The van der Waals surface area contributed by atoms with Crippen molar-refractivity contribution in [2.24, 2.45) is 5.92 Å². The summed E-state index contributed by atoms with van der Waals surface area (Å²) in [6, 6.07) is 0. The maximum absolute atomic E-state index is 3.65. The molecule has 0 saturated carbocycles. The average molecular weight is 196 g/mol. The van der Waals surface area contributed by atoms with Crippen LogP contribution < -0.4 is 5.32 Å². The molecule has 82 valence electrons. The van der Waals surface area contributed by atoms with E-state index < -0.39 is 0 Å². The summed E-state index contributed by atoms with van der Waals surface area (Å²) in [4.78, 5) is 2.66. The molecule has 2 aliphatic heterocycles. The van der Waals surface area contributed by atoms with Gasteiger partial charge < -0.3 is 10.2 Å². The van der Waals surface area contributed by atoms with Gasteiger partial charge in [0.1, 0.15) is 0 Å². The molecule has 14 heavy (non-hydrogen) atoms. The van der Waals surface area contributed by atoms with Crippen LogP contribution in [-0.4, -0.2) is 36.6 Å². The van der Waals surface area contributed by atoms with Gasteiger partial charge in [-0.05, 0) is 51.6 Å². The van der Waals surface area contributed by atoms with Crippen LogP contribution in [0.1, 0.15) is 39.5 Å². The van der Waals surface area contributed by atoms with Gasteiger partial charge >= 0.3 is 0 Å². The third-order valence-electron chi connectivity index (χ3n) is 3.77. The maximum atomic E-state index is 3.65. The van der Waals surface area contributed by atoms with Crippen LogP contribution in [0.2, 0.25) is 0 Å². The van der Waals surface area contributed by atoms with E-state index in [1.54, 1.807) is 0 Å². The third kappa shape index (κ3) is 2.48. The van der Waals surface area contributed by atoms with Crippen molar-refractivity contribution >= 4 is 0 Å². The van der Waals surface area contributed by atoms with Gasteiger partial charge in [0.25, 0.3) is 0 Å². The molecule has 2 fully saturated rings. The van der Waals surface area contributed by atoms with E-state index in [-0.39, 0.29) is 0 Å². The number of hydrogen-bond acceptors (Lipinski definition) is 2. The summed E-state index contributed by atoms with van der Waals surface area (Å²) in [6.45, 7) is 9.89. The van der Waals surface area contributed by atoms with Crippen LogP contribution in [0, 0.1) is 5.92 Å². The van der Waals surface area contributed by atoms with Crippen LogP contribution in [0.15, 0.2) is 0 Å². The third-order valence-corrected chi connectivity index (χ3v) is 3.77. The summed E-state index contributed by atoms with van der Waals surface area (Å²) < 4.78 is 0. The van der Waals surface area contributed by atoms with Crippen LogP contribution in [0.25, 0.3) is 0 Å². The van der Waals surface area contributed by atoms with E-state index in [1.807, 2.05) is 0 Å². The van der Waals surface area contributed by atoms with E-state index in [4.69, 9.17) is 0 Å². The Morgan fingerprint density at radius 1 is 1.43 bits per heavy atom. The van der Waals surface area contributed by atoms with E-state index in [0.29, 0.717) is 5.54 Å². The molecule has 1 N–H and O–H groups in total. The van der Waals surface area contributed by atoms with Crippen molar-refractivity contribution in [3.05, 3.63) is 0 Å². The summed E-state index contributed by atoms with van der Waals surface area (Å²) >= 11 is 0. The van der Waals surface area contributed by atoms with Crippen LogP contribution in [0.5, 0.6) is 0 Å². The van der Waals surface area contributed by atoms with E-state index in [0.717, 1.165) is 5.92 Å². The van der Waals surface area contributed by atoms with Gasteiger partial charge in [-0.15, -0.1) is 0 Å². The highest BCUT2D eigenvalue weighted by atomic mass is 15.2. The molecule has 2 rings (SSSR count). The van der Waals surface area contributed by atoms with E-state index in [9.17, 15) is 0 Å². The fourth-order valence-electron chi connectivity index (χ4n) is 3.02. The fourth-order valence-corrected chi connectivity index (χ4v) is 3.02. The molecule has 2 heterocycles. The highest BCUT2D eigenvalue weighted by Gasteiger charge is 2.31. The Morgan fingerprint density at radius 3 is 2.93 bits per heavy atom. The second-order valence-corrected chi connectivity index (χ2v) is 5.57. The lowest BCUT2D eigenvalue weighted by Gasteiger charge is -2.37. The summed E-state index contributed by atoms with van der Waals surface area (Å²) in [5.74, 6) is 0.911. The number of hydrogen-bond donors (Lipinski definition) is 1. The zero-order chi connectivity index (χ0) is 10.0. The fraction of sp³-hybridized carbons (Fsp3) is 1.00. The first-order chi connectivity index (χ1) is 6.68. The van der Waals surface area contributed by atoms with Gasteiger partial charge in [0.2, 0.25) is 0 Å². The molecule has 2 nitrogen and oxygen atoms in total. The smallest absolute Gasteiger partial charge is 0.0280 e. The Labute approximate surface area is 88.1 Å². The van der Waals surface area contributed by atoms with Gasteiger partial charge in [-0.25, -0.2) is 0 Å². The highest BCUT2D eigenvalue weighted by Crippen LogP contribution is 2.23. The van der Waals surface area contributed by atoms with Crippen LogP contribution in [0.3, 0.4) is 0 Å². The summed E-state index contributed by atoms with van der Waals surface area (Å²) in [5.41, 5.74) is 0.414. The molecule has 2 saturated heterocycles. The molecule has 0 radical (unpaired) electrons. The second kappa shape index (κ2) is 4.19. The zero-order valence-corrected chi connectivity index (χ0v) is 9.68. The monoisotopic (exact) mass is 196 g/mol. The molecule has 2 heteroatoms. The standard InChI is InChI=1S/C12H24N2/c1-11-5-3-8-14(9-11)10-12(2)6-4-7-13-12/h11,13H,3-10H2,1-2H3. The normalized spacial score (nSPS) is 40.3. The SMILES string of the molecule is CC1CCCN(CC2(C)CCCN2)C1. The molecule has 0 spiro atoms. The Bertz CT molecular complexity index is 185. The number of nitrogens with one attached hydrogen (secondary N) is 1. The largest absolute Gasteiger partial charge is 0.310 e. The van der Waals surface area contributed by atoms with Gasteiger partial charge in [0.05, 0.1) is 0 Å². The number of nitrogens with zero attached hydrogens (tertiary/aromatic N) is 1. The molecule has 0 aromatic heterocycles. The topological polar surface area (TPSA) is 15.3 Å². The molecule has 0 aromatic rings. The van der Waals surface area contributed by atoms with E-state index in [1.165, 1.54) is 51.9 Å². The van der Waals surface area contributed by atoms with Crippen LogP contribution >= 0.6 is 0 Å². The predicted molar refractivity (Wildman–Crippen MR) is 60.5 cm³/mol. The maximum Gasteiger partial charge on any atom is 0.0280 e. The van der Waals surface area contributed by atoms with Crippen molar-refractivity contribution < 1.29 is 0 Å². The Balaban J connectivity index is 1.83. The van der Waals surface area contributed by atoms with Gasteiger partial charge in [-0.1, -0.05) is 6.92 Å². The Morgan fingerprint density at radius 2 is 2.29 bits per heavy atom. The van der Waals surface area contributed by atoms with Crippen molar-refractivity contribution in [1.29, 1.82) is 0 Å². The molecule has 0 aromatic carbocycles. The minimum atomic E-state index is 0.414. The lowest BCUT2D eigenvalue weighted by molar-refractivity contribution is 0.144. The first-order valence-electron chi connectivity index (χ1n) is 6.15. The highest BCUT2D eigenvalue weighted by molar-refractivity contribution is 4.92. The first-order valence-corrected chi connectivity index (χ1v) is 6.15. The molecule has 0 aliphatic carbocycles. The zero-order valence-electron chi connectivity index (χ0n) is 9.68. The Hall–Kier alpha value is -0.0800. The molecule has 2 unspecified atom stereocenters. The molecule has 0 bridgehead atoms. The molecule has 0 amide bonds. The van der Waals surface area contributed by atoms with Crippen molar-refractivity contribution in [3.8, 4) is 0 Å². The number of piperidine rings is 1. The lowest BCUT2D eigenvalue weighted by Crippen LogP contribution is -2.49. The average Bonchev–Trinajstić information content (AvgIpc) is 2.51. The summed E-state index contributed by atoms with van der Waals surface area (Å²) in [7, 11) is 0. The van der Waals surface area contributed by atoms with Crippen molar-refractivity contribution in [1.82, 2.24) is 10.2 Å². The van der Waals surface area contributed by atoms with Crippen LogP contribution in [-0.2, 0) is 0 Å². The molecule has 2 atom stereocenters. The molecular formula is C12H24N2. The van der Waals surface area contributed by atoms with Gasteiger partial charge in [0.15, 0.2) is 0 Å². The van der Waals surface area contributed by atoms with E-state index >= 15 is 0 Å². The Kier molecular flexibility index (Phi) is 3.13. The van der Waals surface area contributed by atoms with Gasteiger partial charge in [-0.2, -0.15) is 0 Å². The minimum absolute atomic E-state index is 0.414. The lowest BCUT2D eigenvalue weighted by atomic mass is 9.95. The summed E-state index contributed by atoms with van der Waals surface area (Å²) in [5, 5.41) is 3.65. The van der Waals surface area contributed by atoms with Crippen LogP contribution in [0.4, 0.5) is 0 Å². The van der Waals surface area contributed by atoms with Crippen molar-refractivity contribution in [2.45, 2.75) is 45.1 Å². The van der Waals surface area contributed by atoms with Gasteiger partial charge in [0, 0.05) is 18.6 Å². The molecular weight excluding hydrogens is 172 g/mol. The minimum Gasteiger partial charge on any atom is -0.310 e.